The fourth-order valence-corrected chi connectivity index (χ4v) is 2.49. The van der Waals surface area contributed by atoms with Gasteiger partial charge in [0.25, 0.3) is 5.91 Å². The minimum atomic E-state index is -1.10. The van der Waals surface area contributed by atoms with E-state index in [0.29, 0.717) is 17.2 Å². The number of oxazole rings is 1. The molecule has 0 aliphatic heterocycles. The van der Waals surface area contributed by atoms with Crippen molar-refractivity contribution in [2.75, 3.05) is 5.32 Å². The summed E-state index contributed by atoms with van der Waals surface area (Å²) in [4.78, 5) is 28.1. The Labute approximate surface area is 165 Å². The van der Waals surface area contributed by atoms with Crippen molar-refractivity contribution in [1.29, 1.82) is 0 Å². The number of hydrogen-bond acceptors (Lipinski definition) is 5. The van der Waals surface area contributed by atoms with Crippen LogP contribution in [0.15, 0.2) is 59.1 Å². The maximum atomic E-state index is 13.6. The number of aromatic nitrogens is 1. The summed E-state index contributed by atoms with van der Waals surface area (Å²) in [7, 11) is 0. The van der Waals surface area contributed by atoms with Crippen LogP contribution in [0.3, 0.4) is 0 Å². The highest BCUT2D eigenvalue weighted by Gasteiger charge is 2.19. The monoisotopic (exact) mass is 400 g/mol. The highest BCUT2D eigenvalue weighted by atomic mass is 19.1. The van der Waals surface area contributed by atoms with Crippen LogP contribution in [0.2, 0.25) is 0 Å². The number of benzene rings is 2. The number of nitrogens with one attached hydrogen (secondary N) is 1. The Morgan fingerprint density at radius 3 is 2.59 bits per heavy atom. The first-order chi connectivity index (χ1) is 13.9. The number of amides is 1. The first-order valence-corrected chi connectivity index (χ1v) is 8.88. The standard InChI is InChI=1S/C21H18F2N2O4/c1-13(21(27)25-17-5-3-2-4-16(17)23)28-20(26)11-10-19-24-12-18(29-19)14-6-8-15(22)9-7-14/h2-9,12-13H,10-11H2,1H3,(H,25,27). The summed E-state index contributed by atoms with van der Waals surface area (Å²) in [5.74, 6) is -1.44. The number of aryl methyl sites for hydroxylation is 1. The van der Waals surface area contributed by atoms with E-state index in [1.165, 1.54) is 43.5 Å². The zero-order chi connectivity index (χ0) is 20.8. The number of para-hydroxylation sites is 1. The van der Waals surface area contributed by atoms with Gasteiger partial charge in [0.15, 0.2) is 17.8 Å². The molecule has 29 heavy (non-hydrogen) atoms. The third-order valence-electron chi connectivity index (χ3n) is 4.03. The molecule has 0 aliphatic rings. The largest absolute Gasteiger partial charge is 0.453 e. The Kier molecular flexibility index (Phi) is 6.33. The molecule has 2 aromatic carbocycles. The van der Waals surface area contributed by atoms with E-state index in [0.717, 1.165) is 0 Å². The summed E-state index contributed by atoms with van der Waals surface area (Å²) in [5, 5.41) is 2.37. The van der Waals surface area contributed by atoms with E-state index in [2.05, 4.69) is 10.3 Å². The lowest BCUT2D eigenvalue weighted by Gasteiger charge is -2.13. The molecule has 0 saturated carbocycles. The number of anilines is 1. The molecule has 6 nitrogen and oxygen atoms in total. The molecule has 1 unspecified atom stereocenters. The zero-order valence-electron chi connectivity index (χ0n) is 15.5. The maximum Gasteiger partial charge on any atom is 0.307 e. The van der Waals surface area contributed by atoms with Crippen molar-refractivity contribution in [3.63, 3.8) is 0 Å². The van der Waals surface area contributed by atoms with Crippen molar-refractivity contribution in [2.24, 2.45) is 0 Å². The van der Waals surface area contributed by atoms with Crippen molar-refractivity contribution >= 4 is 17.6 Å². The Hall–Kier alpha value is -3.55. The molecule has 1 atom stereocenters. The molecule has 0 radical (unpaired) electrons. The van der Waals surface area contributed by atoms with Crippen LogP contribution in [-0.2, 0) is 20.7 Å². The van der Waals surface area contributed by atoms with E-state index in [9.17, 15) is 18.4 Å². The molecule has 3 rings (SSSR count). The third kappa shape index (κ3) is 5.47. The SMILES string of the molecule is CC(OC(=O)CCc1ncc(-c2ccc(F)cc2)o1)C(=O)Nc1ccccc1F. The minimum absolute atomic E-state index is 0.00788. The molecular weight excluding hydrogens is 382 g/mol. The number of esters is 1. The molecule has 1 heterocycles. The molecule has 8 heteroatoms. The summed E-state index contributed by atoms with van der Waals surface area (Å²) in [5.41, 5.74) is 0.666. The summed E-state index contributed by atoms with van der Waals surface area (Å²) in [6.07, 6.45) is 0.502. The van der Waals surface area contributed by atoms with E-state index in [4.69, 9.17) is 9.15 Å². The molecule has 0 saturated heterocycles. The third-order valence-corrected chi connectivity index (χ3v) is 4.03. The molecule has 1 aromatic heterocycles. The molecule has 0 aliphatic carbocycles. The zero-order valence-corrected chi connectivity index (χ0v) is 15.5. The molecule has 1 N–H and O–H groups in total. The van der Waals surface area contributed by atoms with Gasteiger partial charge in [0.2, 0.25) is 0 Å². The van der Waals surface area contributed by atoms with Gasteiger partial charge in [-0.25, -0.2) is 13.8 Å². The normalized spacial score (nSPS) is 11.7. The number of halogens is 2. The van der Waals surface area contributed by atoms with Gasteiger partial charge in [-0.15, -0.1) is 0 Å². The van der Waals surface area contributed by atoms with Gasteiger partial charge < -0.3 is 14.5 Å². The van der Waals surface area contributed by atoms with Crippen LogP contribution in [0.4, 0.5) is 14.5 Å². The van der Waals surface area contributed by atoms with Gasteiger partial charge in [0.1, 0.15) is 11.6 Å². The van der Waals surface area contributed by atoms with Gasteiger partial charge in [-0.2, -0.15) is 0 Å². The number of carbonyl (C=O) groups excluding carboxylic acids is 2. The van der Waals surface area contributed by atoms with Crippen molar-refractivity contribution in [1.82, 2.24) is 4.98 Å². The maximum absolute atomic E-state index is 13.6. The molecule has 1 amide bonds. The topological polar surface area (TPSA) is 81.4 Å². The lowest BCUT2D eigenvalue weighted by atomic mass is 10.2. The molecule has 0 spiro atoms. The molecular formula is C21H18F2N2O4. The fraction of sp³-hybridized carbons (Fsp3) is 0.190. The van der Waals surface area contributed by atoms with Gasteiger partial charge in [-0.1, -0.05) is 12.1 Å². The average molecular weight is 400 g/mol. The Bertz CT molecular complexity index is 1000. The molecule has 0 fully saturated rings. The Morgan fingerprint density at radius 2 is 1.86 bits per heavy atom. The number of ether oxygens (including phenoxy) is 1. The lowest BCUT2D eigenvalue weighted by Crippen LogP contribution is -2.30. The van der Waals surface area contributed by atoms with Crippen molar-refractivity contribution in [2.45, 2.75) is 25.9 Å². The second-order valence-corrected chi connectivity index (χ2v) is 6.23. The smallest absolute Gasteiger partial charge is 0.307 e. The summed E-state index contributed by atoms with van der Waals surface area (Å²) >= 11 is 0. The second-order valence-electron chi connectivity index (χ2n) is 6.23. The van der Waals surface area contributed by atoms with Crippen LogP contribution in [0.1, 0.15) is 19.2 Å². The number of hydrogen-bond donors (Lipinski definition) is 1. The highest BCUT2D eigenvalue weighted by Crippen LogP contribution is 2.21. The predicted molar refractivity (Wildman–Crippen MR) is 101 cm³/mol. The van der Waals surface area contributed by atoms with Gasteiger partial charge in [-0.3, -0.25) is 9.59 Å². The van der Waals surface area contributed by atoms with Crippen LogP contribution < -0.4 is 5.32 Å². The van der Waals surface area contributed by atoms with Gasteiger partial charge in [-0.05, 0) is 43.3 Å². The quantitative estimate of drug-likeness (QED) is 0.604. The van der Waals surface area contributed by atoms with Crippen LogP contribution in [0.25, 0.3) is 11.3 Å². The Balaban J connectivity index is 1.49. The van der Waals surface area contributed by atoms with E-state index in [1.807, 2.05) is 0 Å². The van der Waals surface area contributed by atoms with Gasteiger partial charge in [0, 0.05) is 12.0 Å². The summed E-state index contributed by atoms with van der Waals surface area (Å²) < 4.78 is 37.2. The van der Waals surface area contributed by atoms with E-state index < -0.39 is 23.8 Å². The summed E-state index contributed by atoms with van der Waals surface area (Å²) in [6, 6.07) is 11.4. The second kappa shape index (κ2) is 9.09. The Morgan fingerprint density at radius 1 is 1.14 bits per heavy atom. The van der Waals surface area contributed by atoms with E-state index in [1.54, 1.807) is 18.2 Å². The molecule has 150 valence electrons. The van der Waals surface area contributed by atoms with E-state index >= 15 is 0 Å². The average Bonchev–Trinajstić information content (AvgIpc) is 3.17. The number of carbonyl (C=O) groups is 2. The minimum Gasteiger partial charge on any atom is -0.453 e. The van der Waals surface area contributed by atoms with Crippen LogP contribution in [-0.4, -0.2) is 23.0 Å². The summed E-state index contributed by atoms with van der Waals surface area (Å²) in [6.45, 7) is 1.39. The van der Waals surface area contributed by atoms with Crippen molar-refractivity contribution in [3.8, 4) is 11.3 Å². The highest BCUT2D eigenvalue weighted by molar-refractivity contribution is 5.95. The van der Waals surface area contributed by atoms with Crippen LogP contribution in [0, 0.1) is 11.6 Å². The first-order valence-electron chi connectivity index (χ1n) is 8.88. The van der Waals surface area contributed by atoms with E-state index in [-0.39, 0.29) is 24.3 Å². The van der Waals surface area contributed by atoms with Crippen molar-refractivity contribution < 1.29 is 27.5 Å². The van der Waals surface area contributed by atoms with Crippen LogP contribution in [0.5, 0.6) is 0 Å². The number of nitrogens with zero attached hydrogens (tertiary/aromatic N) is 1. The first kappa shape index (κ1) is 20.2. The predicted octanol–water partition coefficient (Wildman–Crippen LogP) is 4.12. The van der Waals surface area contributed by atoms with Gasteiger partial charge >= 0.3 is 5.97 Å². The molecule has 0 bridgehead atoms. The molecule has 3 aromatic rings. The number of rotatable bonds is 7. The fourth-order valence-electron chi connectivity index (χ4n) is 2.49. The van der Waals surface area contributed by atoms with Crippen molar-refractivity contribution in [3.05, 3.63) is 72.3 Å². The lowest BCUT2D eigenvalue weighted by molar-refractivity contribution is -0.153. The van der Waals surface area contributed by atoms with Gasteiger partial charge in [0.05, 0.1) is 18.3 Å². The van der Waals surface area contributed by atoms with Crippen LogP contribution >= 0.6 is 0 Å².